The number of alkyl halides is 2. The van der Waals surface area contributed by atoms with Gasteiger partial charge in [0.2, 0.25) is 0 Å². The summed E-state index contributed by atoms with van der Waals surface area (Å²) in [6, 6.07) is 6.10. The maximum atomic E-state index is 12.1. The molecule has 18 heavy (non-hydrogen) atoms. The molecule has 1 fully saturated rings. The minimum Gasteiger partial charge on any atom is -0.391 e. The molecule has 1 N–H and O–H groups in total. The molecule has 1 saturated heterocycles. The van der Waals surface area contributed by atoms with Gasteiger partial charge in [0.05, 0.1) is 6.10 Å². The normalized spacial score (nSPS) is 19.6. The second-order valence-electron chi connectivity index (χ2n) is 4.10. The second-order valence-corrected chi connectivity index (χ2v) is 5.16. The molecule has 0 aromatic heterocycles. The van der Waals surface area contributed by atoms with Crippen LogP contribution in [-0.4, -0.2) is 40.9 Å². The average molecular weight is 273 g/mol. The van der Waals surface area contributed by atoms with Crippen LogP contribution in [0.25, 0.3) is 0 Å². The molecule has 1 aromatic rings. The number of likely N-dealkylation sites (tertiary alicyclic amines) is 1. The van der Waals surface area contributed by atoms with Crippen LogP contribution in [0.15, 0.2) is 29.2 Å². The van der Waals surface area contributed by atoms with Gasteiger partial charge in [0, 0.05) is 23.5 Å². The molecule has 6 heteroatoms. The zero-order chi connectivity index (χ0) is 13.1. The summed E-state index contributed by atoms with van der Waals surface area (Å²) in [5.41, 5.74) is 0.461. The third-order valence-corrected chi connectivity index (χ3v) is 3.50. The fraction of sp³-hybridized carbons (Fsp3) is 0.417. The van der Waals surface area contributed by atoms with E-state index in [1.165, 1.54) is 24.3 Å². The number of aliphatic hydroxyl groups is 1. The molecular formula is C12H13F2NO2S. The van der Waals surface area contributed by atoms with Crippen molar-refractivity contribution in [3.05, 3.63) is 29.8 Å². The molecule has 1 atom stereocenters. The largest absolute Gasteiger partial charge is 0.391 e. The molecule has 1 heterocycles. The number of carbonyl (C=O) groups is 1. The lowest BCUT2D eigenvalue weighted by Crippen LogP contribution is -2.29. The number of hydrogen-bond acceptors (Lipinski definition) is 3. The number of β-amino-alcohol motifs (C(OH)–C–C–N with tert-alkyl or cyclic N) is 1. The van der Waals surface area contributed by atoms with E-state index in [0.717, 1.165) is 0 Å². The average Bonchev–Trinajstić information content (AvgIpc) is 2.75. The first-order valence-corrected chi connectivity index (χ1v) is 6.46. The Morgan fingerprint density at radius 3 is 2.56 bits per heavy atom. The topological polar surface area (TPSA) is 40.5 Å². The zero-order valence-corrected chi connectivity index (χ0v) is 10.4. The number of benzene rings is 1. The number of aliphatic hydroxyl groups excluding tert-OH is 1. The van der Waals surface area contributed by atoms with Crippen molar-refractivity contribution >= 4 is 17.7 Å². The molecule has 98 valence electrons. The molecule has 1 aliphatic rings. The van der Waals surface area contributed by atoms with E-state index < -0.39 is 11.9 Å². The van der Waals surface area contributed by atoms with Gasteiger partial charge in [-0.3, -0.25) is 4.79 Å². The molecular weight excluding hydrogens is 260 g/mol. The SMILES string of the molecule is O=C(c1ccc(SC(F)F)cc1)N1CC[C@@H](O)C1. The highest BCUT2D eigenvalue weighted by Crippen LogP contribution is 2.25. The van der Waals surface area contributed by atoms with E-state index in [1.807, 2.05) is 0 Å². The van der Waals surface area contributed by atoms with Crippen LogP contribution < -0.4 is 0 Å². The molecule has 3 nitrogen and oxygen atoms in total. The Hall–Kier alpha value is -1.14. The van der Waals surface area contributed by atoms with Gasteiger partial charge in [-0.1, -0.05) is 11.8 Å². The van der Waals surface area contributed by atoms with E-state index in [-0.39, 0.29) is 5.91 Å². The maximum absolute atomic E-state index is 12.1. The van der Waals surface area contributed by atoms with E-state index in [4.69, 9.17) is 0 Å². The van der Waals surface area contributed by atoms with Crippen molar-refractivity contribution in [2.24, 2.45) is 0 Å². The quantitative estimate of drug-likeness (QED) is 0.858. The summed E-state index contributed by atoms with van der Waals surface area (Å²) in [5, 5.41) is 9.36. The standard InChI is InChI=1S/C12H13F2NO2S/c13-12(14)18-10-3-1-8(2-4-10)11(17)15-6-5-9(16)7-15/h1-4,9,12,16H,5-7H2/t9-/m1/s1. The molecule has 0 aliphatic carbocycles. The van der Waals surface area contributed by atoms with Gasteiger partial charge in [0.15, 0.2) is 0 Å². The minimum absolute atomic E-state index is 0.167. The van der Waals surface area contributed by atoms with Gasteiger partial charge in [-0.2, -0.15) is 8.78 Å². The fourth-order valence-electron chi connectivity index (χ4n) is 1.89. The van der Waals surface area contributed by atoms with Crippen LogP contribution in [0.3, 0.4) is 0 Å². The number of nitrogens with zero attached hydrogens (tertiary/aromatic N) is 1. The summed E-state index contributed by atoms with van der Waals surface area (Å²) >= 11 is 0.453. The van der Waals surface area contributed by atoms with E-state index in [9.17, 15) is 18.7 Å². The van der Waals surface area contributed by atoms with Gasteiger partial charge in [0.25, 0.3) is 11.7 Å². The fourth-order valence-corrected chi connectivity index (χ4v) is 2.39. The third kappa shape index (κ3) is 3.20. The van der Waals surface area contributed by atoms with Gasteiger partial charge in [-0.05, 0) is 30.7 Å². The highest BCUT2D eigenvalue weighted by Gasteiger charge is 2.25. The highest BCUT2D eigenvalue weighted by molar-refractivity contribution is 7.99. The Labute approximate surface area is 108 Å². The molecule has 1 amide bonds. The summed E-state index contributed by atoms with van der Waals surface area (Å²) in [6.07, 6.45) is 0.132. The number of thioether (sulfide) groups is 1. The lowest BCUT2D eigenvalue weighted by Gasteiger charge is -2.15. The van der Waals surface area contributed by atoms with Crippen LogP contribution in [0.1, 0.15) is 16.8 Å². The van der Waals surface area contributed by atoms with Crippen molar-refractivity contribution in [2.75, 3.05) is 13.1 Å². The van der Waals surface area contributed by atoms with Gasteiger partial charge in [-0.25, -0.2) is 0 Å². The van der Waals surface area contributed by atoms with Gasteiger partial charge >= 0.3 is 0 Å². The van der Waals surface area contributed by atoms with Crippen molar-refractivity contribution in [3.63, 3.8) is 0 Å². The summed E-state index contributed by atoms with van der Waals surface area (Å²) in [7, 11) is 0. The molecule has 2 rings (SSSR count). The van der Waals surface area contributed by atoms with Crippen LogP contribution >= 0.6 is 11.8 Å². The Kier molecular flexibility index (Phi) is 4.19. The van der Waals surface area contributed by atoms with Crippen LogP contribution in [-0.2, 0) is 0 Å². The number of amides is 1. The third-order valence-electron chi connectivity index (χ3n) is 2.78. The molecule has 0 spiro atoms. The summed E-state index contributed by atoms with van der Waals surface area (Å²) < 4.78 is 24.3. The molecule has 1 aromatic carbocycles. The van der Waals surface area contributed by atoms with E-state index >= 15 is 0 Å². The summed E-state index contributed by atoms with van der Waals surface area (Å²) in [4.78, 5) is 14.0. The Morgan fingerprint density at radius 2 is 2.06 bits per heavy atom. The van der Waals surface area contributed by atoms with Crippen molar-refractivity contribution in [1.29, 1.82) is 0 Å². The van der Waals surface area contributed by atoms with E-state index in [2.05, 4.69) is 0 Å². The van der Waals surface area contributed by atoms with Crippen LogP contribution in [0, 0.1) is 0 Å². The maximum Gasteiger partial charge on any atom is 0.288 e. The zero-order valence-electron chi connectivity index (χ0n) is 9.55. The van der Waals surface area contributed by atoms with Gasteiger partial charge < -0.3 is 10.0 Å². The molecule has 0 unspecified atom stereocenters. The van der Waals surface area contributed by atoms with Gasteiger partial charge in [-0.15, -0.1) is 0 Å². The first kappa shape index (κ1) is 13.3. The molecule has 0 radical (unpaired) electrons. The van der Waals surface area contributed by atoms with Crippen molar-refractivity contribution in [1.82, 2.24) is 4.90 Å². The molecule has 1 aliphatic heterocycles. The number of rotatable bonds is 3. The van der Waals surface area contributed by atoms with E-state index in [1.54, 1.807) is 4.90 Å². The molecule has 0 bridgehead atoms. The van der Waals surface area contributed by atoms with Crippen LogP contribution in [0.5, 0.6) is 0 Å². The lowest BCUT2D eigenvalue weighted by molar-refractivity contribution is 0.0765. The monoisotopic (exact) mass is 273 g/mol. The van der Waals surface area contributed by atoms with Gasteiger partial charge in [0.1, 0.15) is 0 Å². The number of hydrogen-bond donors (Lipinski definition) is 1. The Morgan fingerprint density at radius 1 is 1.39 bits per heavy atom. The van der Waals surface area contributed by atoms with Crippen LogP contribution in [0.2, 0.25) is 0 Å². The van der Waals surface area contributed by atoms with E-state index in [0.29, 0.717) is 41.7 Å². The smallest absolute Gasteiger partial charge is 0.288 e. The Balaban J connectivity index is 2.03. The highest BCUT2D eigenvalue weighted by atomic mass is 32.2. The predicted octanol–water partition coefficient (Wildman–Crippen LogP) is 2.21. The summed E-state index contributed by atoms with van der Waals surface area (Å²) in [6.45, 7) is 0.875. The van der Waals surface area contributed by atoms with Crippen molar-refractivity contribution in [3.8, 4) is 0 Å². The predicted molar refractivity (Wildman–Crippen MR) is 64.8 cm³/mol. The summed E-state index contributed by atoms with van der Waals surface area (Å²) in [5.74, 6) is -2.62. The number of carbonyl (C=O) groups excluding carboxylic acids is 1. The Bertz CT molecular complexity index is 425. The first-order valence-electron chi connectivity index (χ1n) is 5.58. The number of halogens is 2. The minimum atomic E-state index is -2.46. The molecule has 0 saturated carbocycles. The van der Waals surface area contributed by atoms with Crippen LogP contribution in [0.4, 0.5) is 8.78 Å². The second kappa shape index (κ2) is 5.67. The first-order chi connectivity index (χ1) is 8.56. The van der Waals surface area contributed by atoms with Crippen molar-refractivity contribution in [2.45, 2.75) is 23.2 Å². The van der Waals surface area contributed by atoms with Crippen molar-refractivity contribution < 1.29 is 18.7 Å². The lowest BCUT2D eigenvalue weighted by atomic mass is 10.2.